The number of pyridine rings is 1. The van der Waals surface area contributed by atoms with Gasteiger partial charge in [-0.15, -0.1) is 11.3 Å². The fourth-order valence-electron chi connectivity index (χ4n) is 2.25. The Hall–Kier alpha value is -1.77. The highest BCUT2D eigenvalue weighted by atomic mass is 79.9. The zero-order chi connectivity index (χ0) is 17.2. The summed E-state index contributed by atoms with van der Waals surface area (Å²) >= 11 is 4.78. The summed E-state index contributed by atoms with van der Waals surface area (Å²) in [6, 6.07) is 6.71. The van der Waals surface area contributed by atoms with Crippen LogP contribution in [-0.4, -0.2) is 25.5 Å². The fraction of sp³-hybridized carbons (Fsp3) is 0.125. The van der Waals surface area contributed by atoms with E-state index in [-0.39, 0.29) is 10.6 Å². The van der Waals surface area contributed by atoms with Crippen LogP contribution in [0.25, 0.3) is 11.3 Å². The molecule has 2 heterocycles. The van der Waals surface area contributed by atoms with Crippen LogP contribution in [0.1, 0.15) is 5.56 Å². The van der Waals surface area contributed by atoms with Crippen LogP contribution in [0.4, 0.5) is 0 Å². The molecular formula is C16H13BrN2O3S2. The van der Waals surface area contributed by atoms with E-state index in [1.165, 1.54) is 18.4 Å². The summed E-state index contributed by atoms with van der Waals surface area (Å²) in [4.78, 5) is 8.51. The normalized spacial score (nSPS) is 11.4. The third-order valence-corrected chi connectivity index (χ3v) is 6.12. The lowest BCUT2D eigenvalue weighted by atomic mass is 10.2. The van der Waals surface area contributed by atoms with Crippen LogP contribution in [0, 0.1) is 0 Å². The number of thiazole rings is 1. The van der Waals surface area contributed by atoms with Crippen molar-refractivity contribution in [2.45, 2.75) is 10.6 Å². The van der Waals surface area contributed by atoms with Gasteiger partial charge in [-0.2, -0.15) is 0 Å². The second-order valence-electron chi connectivity index (χ2n) is 5.01. The summed E-state index contributed by atoms with van der Waals surface area (Å²) in [5.74, 6) is 0.159. The van der Waals surface area contributed by atoms with Gasteiger partial charge in [0.25, 0.3) is 0 Å². The number of rotatable bonds is 5. The Balaban J connectivity index is 1.96. The lowest BCUT2D eigenvalue weighted by molar-refractivity contribution is 0.402. The Kier molecular flexibility index (Phi) is 4.98. The molecule has 0 amide bonds. The molecule has 0 bridgehead atoms. The van der Waals surface area contributed by atoms with Crippen LogP contribution >= 0.6 is 27.3 Å². The zero-order valence-corrected chi connectivity index (χ0v) is 15.9. The van der Waals surface area contributed by atoms with Crippen molar-refractivity contribution in [2.75, 3.05) is 7.11 Å². The summed E-state index contributed by atoms with van der Waals surface area (Å²) in [5.41, 5.74) is 3.91. The minimum Gasteiger partial charge on any atom is -0.495 e. The minimum atomic E-state index is -3.58. The molecule has 0 aliphatic carbocycles. The van der Waals surface area contributed by atoms with Gasteiger partial charge in [0.1, 0.15) is 10.6 Å². The molecule has 0 aliphatic heterocycles. The Morgan fingerprint density at radius 2 is 2.08 bits per heavy atom. The van der Waals surface area contributed by atoms with Gasteiger partial charge in [0.15, 0.2) is 9.84 Å². The number of hydrogen-bond acceptors (Lipinski definition) is 6. The van der Waals surface area contributed by atoms with Crippen molar-refractivity contribution in [1.82, 2.24) is 9.97 Å². The van der Waals surface area contributed by atoms with E-state index < -0.39 is 9.84 Å². The molecule has 1 aromatic carbocycles. The highest BCUT2D eigenvalue weighted by Crippen LogP contribution is 2.30. The Bertz CT molecular complexity index is 957. The predicted molar refractivity (Wildman–Crippen MR) is 96.9 cm³/mol. The number of halogens is 1. The van der Waals surface area contributed by atoms with E-state index in [1.807, 2.05) is 5.38 Å². The molecule has 0 fully saturated rings. The maximum atomic E-state index is 12.8. The van der Waals surface area contributed by atoms with Crippen LogP contribution < -0.4 is 4.74 Å². The van der Waals surface area contributed by atoms with Gasteiger partial charge in [0.05, 0.1) is 24.1 Å². The molecule has 3 aromatic rings. The topological polar surface area (TPSA) is 69.2 Å². The largest absolute Gasteiger partial charge is 0.495 e. The molecule has 2 aromatic heterocycles. The number of ether oxygens (including phenoxy) is 1. The first-order chi connectivity index (χ1) is 11.5. The average molecular weight is 425 g/mol. The SMILES string of the molecule is COc1ccc(Br)cc1S(=O)(=O)Cc1cncc(-c2cscn2)c1. The minimum absolute atomic E-state index is 0.151. The molecule has 0 atom stereocenters. The molecule has 0 N–H and O–H groups in total. The molecule has 0 saturated carbocycles. The maximum Gasteiger partial charge on any atom is 0.186 e. The number of aromatic nitrogens is 2. The molecule has 0 aliphatic rings. The van der Waals surface area contributed by atoms with Gasteiger partial charge >= 0.3 is 0 Å². The monoisotopic (exact) mass is 424 g/mol. The Labute approximate surface area is 152 Å². The van der Waals surface area contributed by atoms with Gasteiger partial charge in [0.2, 0.25) is 0 Å². The number of nitrogens with zero attached hydrogens (tertiary/aromatic N) is 2. The number of benzene rings is 1. The number of hydrogen-bond donors (Lipinski definition) is 0. The molecule has 124 valence electrons. The fourth-order valence-corrected chi connectivity index (χ4v) is 4.84. The van der Waals surface area contributed by atoms with Crippen molar-refractivity contribution in [2.24, 2.45) is 0 Å². The van der Waals surface area contributed by atoms with Crippen molar-refractivity contribution >= 4 is 37.1 Å². The second-order valence-corrected chi connectivity index (χ2v) is 8.60. The quantitative estimate of drug-likeness (QED) is 0.619. The molecule has 8 heteroatoms. The van der Waals surface area contributed by atoms with Crippen molar-refractivity contribution < 1.29 is 13.2 Å². The second kappa shape index (κ2) is 7.00. The number of sulfone groups is 1. The van der Waals surface area contributed by atoms with Crippen molar-refractivity contribution in [3.63, 3.8) is 0 Å². The van der Waals surface area contributed by atoms with E-state index in [2.05, 4.69) is 25.9 Å². The zero-order valence-electron chi connectivity index (χ0n) is 12.6. The predicted octanol–water partition coefficient (Wildman–Crippen LogP) is 3.95. The average Bonchev–Trinajstić information content (AvgIpc) is 3.09. The van der Waals surface area contributed by atoms with Gasteiger partial charge in [-0.1, -0.05) is 15.9 Å². The van der Waals surface area contributed by atoms with E-state index in [0.717, 1.165) is 11.3 Å². The number of methoxy groups -OCH3 is 1. The summed E-state index contributed by atoms with van der Waals surface area (Å²) in [6.45, 7) is 0. The summed E-state index contributed by atoms with van der Waals surface area (Å²) in [7, 11) is -2.13. The highest BCUT2D eigenvalue weighted by molar-refractivity contribution is 9.10. The lowest BCUT2D eigenvalue weighted by Gasteiger charge is -2.10. The first-order valence-corrected chi connectivity index (χ1v) is 10.3. The third-order valence-electron chi connectivity index (χ3n) is 3.34. The van der Waals surface area contributed by atoms with Gasteiger partial charge in [-0.05, 0) is 29.8 Å². The molecular weight excluding hydrogens is 412 g/mol. The maximum absolute atomic E-state index is 12.8. The first-order valence-electron chi connectivity index (χ1n) is 6.88. The summed E-state index contributed by atoms with van der Waals surface area (Å²) in [6.07, 6.45) is 3.22. The summed E-state index contributed by atoms with van der Waals surface area (Å²) < 4.78 is 31.4. The smallest absolute Gasteiger partial charge is 0.186 e. The molecule has 3 rings (SSSR count). The van der Waals surface area contributed by atoms with E-state index in [9.17, 15) is 8.42 Å². The standard InChI is InChI=1S/C16H13BrN2O3S2/c1-22-15-3-2-13(17)5-16(15)24(20,21)9-11-4-12(7-18-6-11)14-8-23-10-19-14/h2-8,10H,9H2,1H3. The van der Waals surface area contributed by atoms with Crippen LogP contribution in [0.3, 0.4) is 0 Å². The van der Waals surface area contributed by atoms with Crippen molar-refractivity contribution in [3.05, 3.63) is 57.6 Å². The molecule has 0 saturated heterocycles. The Morgan fingerprint density at radius 1 is 1.25 bits per heavy atom. The van der Waals surface area contributed by atoms with E-state index in [0.29, 0.717) is 15.8 Å². The van der Waals surface area contributed by atoms with Gasteiger partial charge < -0.3 is 4.74 Å². The van der Waals surface area contributed by atoms with Gasteiger partial charge in [0, 0.05) is 27.8 Å². The molecule has 0 spiro atoms. The Morgan fingerprint density at radius 3 is 2.79 bits per heavy atom. The highest BCUT2D eigenvalue weighted by Gasteiger charge is 2.21. The summed E-state index contributed by atoms with van der Waals surface area (Å²) in [5, 5.41) is 1.90. The van der Waals surface area contributed by atoms with Crippen molar-refractivity contribution in [1.29, 1.82) is 0 Å². The van der Waals surface area contributed by atoms with Crippen LogP contribution in [0.2, 0.25) is 0 Å². The van der Waals surface area contributed by atoms with Crippen LogP contribution in [-0.2, 0) is 15.6 Å². The first kappa shape index (κ1) is 17.1. The van der Waals surface area contributed by atoms with Gasteiger partial charge in [-0.25, -0.2) is 13.4 Å². The van der Waals surface area contributed by atoms with E-state index in [4.69, 9.17) is 4.74 Å². The molecule has 24 heavy (non-hydrogen) atoms. The molecule has 5 nitrogen and oxygen atoms in total. The van der Waals surface area contributed by atoms with Crippen LogP contribution in [0.15, 0.2) is 56.9 Å². The van der Waals surface area contributed by atoms with Gasteiger partial charge in [-0.3, -0.25) is 4.98 Å². The van der Waals surface area contributed by atoms with Crippen LogP contribution in [0.5, 0.6) is 5.75 Å². The molecule has 0 radical (unpaired) electrons. The molecule has 0 unspecified atom stereocenters. The van der Waals surface area contributed by atoms with Crippen molar-refractivity contribution in [3.8, 4) is 17.0 Å². The van der Waals surface area contributed by atoms with E-state index in [1.54, 1.807) is 42.2 Å². The van der Waals surface area contributed by atoms with E-state index >= 15 is 0 Å². The lowest BCUT2D eigenvalue weighted by Crippen LogP contribution is -2.07. The third kappa shape index (κ3) is 3.66.